The minimum Gasteiger partial charge on any atom is -0.660 e. The molecule has 0 aliphatic heterocycles. The second kappa shape index (κ2) is 34.7. The predicted molar refractivity (Wildman–Crippen MR) is 128 cm³/mol. The van der Waals surface area contributed by atoms with E-state index in [9.17, 15) is 5.21 Å². The zero-order chi connectivity index (χ0) is 21.8. The second-order valence-corrected chi connectivity index (χ2v) is 7.38. The van der Waals surface area contributed by atoms with Crippen molar-refractivity contribution in [2.45, 2.75) is 52.6 Å². The molecule has 0 fully saturated rings. The summed E-state index contributed by atoms with van der Waals surface area (Å²) in [6, 6.07) is 1.08. The fourth-order valence-electron chi connectivity index (χ4n) is 1.70. The molecule has 0 bridgehead atoms. The van der Waals surface area contributed by atoms with E-state index in [1.165, 1.54) is 6.42 Å². The number of hydrogen-bond acceptors (Lipinski definition) is 5. The average molecular weight is 650 g/mol. The van der Waals surface area contributed by atoms with Crippen molar-refractivity contribution in [1.29, 1.82) is 0 Å². The van der Waals surface area contributed by atoms with E-state index in [1.54, 1.807) is 14.1 Å². The van der Waals surface area contributed by atoms with Crippen molar-refractivity contribution in [3.05, 3.63) is 15.5 Å². The van der Waals surface area contributed by atoms with Crippen LogP contribution in [0.3, 0.4) is 0 Å². The summed E-state index contributed by atoms with van der Waals surface area (Å²) in [5, 5.41) is 27.5. The quantitative estimate of drug-likeness (QED) is 0.0940. The molecule has 0 rings (SSSR count). The molecule has 0 saturated heterocycles. The van der Waals surface area contributed by atoms with Gasteiger partial charge in [0.05, 0.1) is 20.6 Å². The molecule has 0 saturated carbocycles. The monoisotopic (exact) mass is 650 g/mol. The van der Waals surface area contributed by atoms with Crippen LogP contribution in [0.25, 0.3) is 5.32 Å². The van der Waals surface area contributed by atoms with E-state index in [2.05, 4.69) is 68.9 Å². The normalized spacial score (nSPS) is 9.72. The van der Waals surface area contributed by atoms with E-state index < -0.39 is 0 Å². The molecular formula is C18H47IN4O4VY-2. The maximum absolute atomic E-state index is 11.2. The van der Waals surface area contributed by atoms with Crippen molar-refractivity contribution >= 4 is 22.6 Å². The van der Waals surface area contributed by atoms with Gasteiger partial charge in [-0.2, -0.15) is 0 Å². The van der Waals surface area contributed by atoms with Gasteiger partial charge in [0.15, 0.2) is 0 Å². The minimum atomic E-state index is -0.175. The first-order valence-corrected chi connectivity index (χ1v) is 10.5. The molecular weight excluding hydrogens is 603 g/mol. The standard InChI is InChI=1S/C9H22N2O.C8H19N2.CH2I.H2O2.H2O.V.Y/c1-9(2)10(3)7-6-8-11(4,5)12;1-8(2)9-6-5-7-10(3)4;2*1-2;;;/h9H,6-8H2,1-5H3;8H,5-7H2,1-4H3;1H2;1-2H;1H2;;/q;2*-1;;;;. The van der Waals surface area contributed by atoms with Gasteiger partial charge >= 0.3 is 0 Å². The van der Waals surface area contributed by atoms with Crippen LogP contribution < -0.4 is 0 Å². The van der Waals surface area contributed by atoms with Crippen LogP contribution in [-0.4, -0.2) is 104 Å². The van der Waals surface area contributed by atoms with Crippen LogP contribution in [0.4, 0.5) is 0 Å². The third-order valence-electron chi connectivity index (χ3n) is 3.35. The third-order valence-corrected chi connectivity index (χ3v) is 3.35. The molecule has 11 heteroatoms. The van der Waals surface area contributed by atoms with Crippen molar-refractivity contribution < 1.29 is 71.9 Å². The Hall–Kier alpha value is 2.10. The molecule has 4 N–H and O–H groups in total. The predicted octanol–water partition coefficient (Wildman–Crippen LogP) is 3.41. The summed E-state index contributed by atoms with van der Waals surface area (Å²) in [5.41, 5.74) is 0. The molecule has 0 aromatic carbocycles. The van der Waals surface area contributed by atoms with Crippen molar-refractivity contribution in [1.82, 2.24) is 9.80 Å². The SMILES string of the molecule is CC(C)N(C)CCC[N+](C)(C)[O-].CC(C)[N-]CCCN(C)C.O.OO.[CH2-]I.[V].[Y]. The van der Waals surface area contributed by atoms with Gasteiger partial charge in [-0.1, -0.05) is 20.3 Å². The van der Waals surface area contributed by atoms with Gasteiger partial charge in [-0.25, -0.2) is 0 Å². The summed E-state index contributed by atoms with van der Waals surface area (Å²) in [6.45, 7) is 12.4. The summed E-state index contributed by atoms with van der Waals surface area (Å²) >= 11 is 1.90. The topological polar surface area (TPSA) is 116 Å². The smallest absolute Gasteiger partial charge is 0.0792 e. The fraction of sp³-hybridized carbons (Fsp3) is 0.944. The molecule has 0 amide bonds. The van der Waals surface area contributed by atoms with Crippen LogP contribution >= 0.6 is 22.6 Å². The molecule has 0 aliphatic rings. The maximum atomic E-state index is 11.2. The first kappa shape index (κ1) is 48.5. The largest absolute Gasteiger partial charge is 0.660 e. The molecule has 0 unspecified atom stereocenters. The molecule has 0 atom stereocenters. The van der Waals surface area contributed by atoms with Crippen molar-refractivity contribution in [3.63, 3.8) is 0 Å². The number of nitrogens with zero attached hydrogens (tertiary/aromatic N) is 4. The van der Waals surface area contributed by atoms with Crippen LogP contribution in [0.5, 0.6) is 0 Å². The third kappa shape index (κ3) is 58.8. The van der Waals surface area contributed by atoms with Gasteiger partial charge < -0.3 is 53.0 Å². The van der Waals surface area contributed by atoms with Gasteiger partial charge in [0.1, 0.15) is 0 Å². The summed E-state index contributed by atoms with van der Waals surface area (Å²) in [4.78, 5) is 7.67. The molecule has 29 heavy (non-hydrogen) atoms. The van der Waals surface area contributed by atoms with Crippen molar-refractivity contribution in [2.75, 3.05) is 61.4 Å². The Morgan fingerprint density at radius 1 is 1.00 bits per heavy atom. The summed E-state index contributed by atoms with van der Waals surface area (Å²) in [5.74, 6) is 0. The van der Waals surface area contributed by atoms with E-state index in [-0.39, 0.29) is 61.4 Å². The maximum Gasteiger partial charge on any atom is 0.0792 e. The number of hydrogen-bond donors (Lipinski definition) is 2. The van der Waals surface area contributed by atoms with Gasteiger partial charge in [-0.3, -0.25) is 15.4 Å². The van der Waals surface area contributed by atoms with E-state index in [0.29, 0.717) is 18.6 Å². The Labute approximate surface area is 231 Å². The number of rotatable bonds is 10. The van der Waals surface area contributed by atoms with Crippen LogP contribution in [-0.2, 0) is 51.3 Å². The first-order valence-electron chi connectivity index (χ1n) is 8.98. The van der Waals surface area contributed by atoms with Gasteiger partial charge in [0, 0.05) is 70.3 Å². The fourth-order valence-corrected chi connectivity index (χ4v) is 1.70. The zero-order valence-electron chi connectivity index (χ0n) is 20.1. The van der Waals surface area contributed by atoms with E-state index in [4.69, 9.17) is 10.5 Å². The molecule has 0 aromatic heterocycles. The van der Waals surface area contributed by atoms with E-state index in [1.807, 2.05) is 22.6 Å². The van der Waals surface area contributed by atoms with Crippen molar-refractivity contribution in [3.8, 4) is 0 Å². The molecule has 8 nitrogen and oxygen atoms in total. The number of quaternary nitrogens is 1. The second-order valence-electron chi connectivity index (χ2n) is 7.38. The number of hydroxylamine groups is 3. The first-order chi connectivity index (χ1) is 12.0. The van der Waals surface area contributed by atoms with E-state index in [0.717, 1.165) is 26.1 Å². The Bertz CT molecular complexity index is 257. The minimum absolute atomic E-state index is 0. The van der Waals surface area contributed by atoms with Crippen LogP contribution in [0.2, 0.25) is 0 Å². The zero-order valence-corrected chi connectivity index (χ0v) is 26.5. The van der Waals surface area contributed by atoms with E-state index >= 15 is 0 Å². The van der Waals surface area contributed by atoms with Gasteiger partial charge in [-0.15, -0.1) is 12.6 Å². The van der Waals surface area contributed by atoms with Gasteiger partial charge in [-0.05, 0) is 41.5 Å². The summed E-state index contributed by atoms with van der Waals surface area (Å²) in [7, 11) is 9.66. The van der Waals surface area contributed by atoms with Crippen LogP contribution in [0.15, 0.2) is 0 Å². The molecule has 0 heterocycles. The molecule has 0 aromatic rings. The Balaban J connectivity index is -0.0000000526. The van der Waals surface area contributed by atoms with Crippen LogP contribution in [0.1, 0.15) is 40.5 Å². The number of halogens is 1. The molecule has 0 aliphatic carbocycles. The van der Waals surface area contributed by atoms with Gasteiger partial charge in [0.2, 0.25) is 0 Å². The molecule has 180 valence electrons. The summed E-state index contributed by atoms with van der Waals surface area (Å²) in [6.07, 6.45) is 2.16. The average Bonchev–Trinajstić information content (AvgIpc) is 2.54. The Kier molecular flexibility index (Phi) is 58.1. The molecule has 0 spiro atoms. The Morgan fingerprint density at radius 2 is 1.41 bits per heavy atom. The molecule has 2 radical (unpaired) electrons. The van der Waals surface area contributed by atoms with Crippen molar-refractivity contribution in [2.24, 2.45) is 0 Å². The van der Waals surface area contributed by atoms with Gasteiger partial charge in [0.25, 0.3) is 0 Å². The van der Waals surface area contributed by atoms with Crippen LogP contribution in [0, 0.1) is 10.1 Å². The summed E-state index contributed by atoms with van der Waals surface area (Å²) < 4.78 is -0.175. The Morgan fingerprint density at radius 3 is 1.69 bits per heavy atom.